The number of benzene rings is 2. The van der Waals surface area contributed by atoms with Crippen LogP contribution in [0.2, 0.25) is 0 Å². The van der Waals surface area contributed by atoms with E-state index in [1.165, 1.54) is 31.2 Å². The van der Waals surface area contributed by atoms with Crippen molar-refractivity contribution in [2.24, 2.45) is 5.92 Å². The number of allylic oxidation sites excluding steroid dienone is 1. The minimum atomic E-state index is -0.322. The van der Waals surface area contributed by atoms with Gasteiger partial charge in [-0.1, -0.05) is 56.2 Å². The Morgan fingerprint density at radius 1 is 1.10 bits per heavy atom. The molecule has 0 heterocycles. The molecule has 2 aromatic rings. The fraction of sp³-hybridized carbons (Fsp3) is 0.444. The van der Waals surface area contributed by atoms with E-state index in [-0.39, 0.29) is 25.8 Å². The number of hydrogen-bond donors (Lipinski definition) is 1. The number of esters is 1. The maximum absolute atomic E-state index is 12.1. The summed E-state index contributed by atoms with van der Waals surface area (Å²) in [5.74, 6) is 1.83. The topological polar surface area (TPSA) is 55.8 Å². The van der Waals surface area contributed by atoms with Crippen LogP contribution in [0.4, 0.5) is 0 Å². The molecule has 2 aromatic carbocycles. The Labute approximate surface area is 185 Å². The van der Waals surface area contributed by atoms with Gasteiger partial charge in [0.15, 0.2) is 0 Å². The summed E-state index contributed by atoms with van der Waals surface area (Å²) in [6.07, 6.45) is 6.90. The molecule has 4 heteroatoms. The molecule has 0 unspecified atom stereocenters. The zero-order valence-electron chi connectivity index (χ0n) is 18.9. The average molecular weight is 423 g/mol. The van der Waals surface area contributed by atoms with Crippen molar-refractivity contribution in [1.82, 2.24) is 0 Å². The molecule has 0 radical (unpaired) electrons. The second-order valence-corrected chi connectivity index (χ2v) is 8.52. The first-order valence-electron chi connectivity index (χ1n) is 11.3. The quantitative estimate of drug-likeness (QED) is 0.417. The van der Waals surface area contributed by atoms with Gasteiger partial charge in [0, 0.05) is 11.1 Å². The highest BCUT2D eigenvalue weighted by atomic mass is 16.5. The highest BCUT2D eigenvalue weighted by Gasteiger charge is 2.20. The normalized spacial score (nSPS) is 19.2. The Bertz CT molecular complexity index is 890. The van der Waals surface area contributed by atoms with Crippen LogP contribution in [0.3, 0.4) is 0 Å². The van der Waals surface area contributed by atoms with Gasteiger partial charge in [-0.15, -0.1) is 0 Å². The number of carbonyl (C=O) groups is 1. The number of aliphatic hydroxyl groups is 1. The number of ether oxygens (including phenoxy) is 2. The number of hydrogen-bond acceptors (Lipinski definition) is 4. The third kappa shape index (κ3) is 6.20. The number of rotatable bonds is 8. The second kappa shape index (κ2) is 11.1. The van der Waals surface area contributed by atoms with Crippen molar-refractivity contribution in [2.75, 3.05) is 13.2 Å². The van der Waals surface area contributed by atoms with Crippen LogP contribution in [-0.4, -0.2) is 24.3 Å². The van der Waals surface area contributed by atoms with Crippen LogP contribution in [-0.2, 0) is 16.1 Å². The summed E-state index contributed by atoms with van der Waals surface area (Å²) in [5.41, 5.74) is 4.99. The van der Waals surface area contributed by atoms with Crippen molar-refractivity contribution in [2.45, 2.75) is 59.0 Å². The van der Waals surface area contributed by atoms with Crippen LogP contribution >= 0.6 is 0 Å². The standard InChI is InChI=1S/C27H34O4/c1-4-20(3)27(29)31-18-24-17-25(30-16-15-28)13-14-26(24)23-11-9-22(10-12-23)21-7-5-19(2)6-8-21/h4,9-14,17,19,21,28H,5-8,15-16,18H2,1-3H3/b20-4+. The molecule has 166 valence electrons. The Balaban J connectivity index is 1.81. The largest absolute Gasteiger partial charge is 0.491 e. The van der Waals surface area contributed by atoms with Gasteiger partial charge in [-0.25, -0.2) is 4.79 Å². The van der Waals surface area contributed by atoms with E-state index >= 15 is 0 Å². The van der Waals surface area contributed by atoms with Gasteiger partial charge in [-0.3, -0.25) is 0 Å². The minimum Gasteiger partial charge on any atom is -0.491 e. The summed E-state index contributed by atoms with van der Waals surface area (Å²) in [6, 6.07) is 14.6. The highest BCUT2D eigenvalue weighted by molar-refractivity contribution is 5.87. The lowest BCUT2D eigenvalue weighted by Gasteiger charge is -2.26. The Hall–Kier alpha value is -2.59. The predicted octanol–water partition coefficient (Wildman–Crippen LogP) is 6.03. The molecule has 4 nitrogen and oxygen atoms in total. The van der Waals surface area contributed by atoms with Crippen molar-refractivity contribution in [1.29, 1.82) is 0 Å². The zero-order valence-corrected chi connectivity index (χ0v) is 18.9. The summed E-state index contributed by atoms with van der Waals surface area (Å²) in [5, 5.41) is 9.04. The van der Waals surface area contributed by atoms with Gasteiger partial charge in [0.1, 0.15) is 19.0 Å². The molecular weight excluding hydrogens is 388 g/mol. The number of aliphatic hydroxyl groups excluding tert-OH is 1. The smallest absolute Gasteiger partial charge is 0.333 e. The van der Waals surface area contributed by atoms with Crippen molar-refractivity contribution in [3.63, 3.8) is 0 Å². The maximum atomic E-state index is 12.1. The van der Waals surface area contributed by atoms with E-state index in [0.717, 1.165) is 22.6 Å². The van der Waals surface area contributed by atoms with Gasteiger partial charge < -0.3 is 14.6 Å². The molecule has 0 saturated heterocycles. The maximum Gasteiger partial charge on any atom is 0.333 e. The lowest BCUT2D eigenvalue weighted by atomic mass is 9.79. The lowest BCUT2D eigenvalue weighted by molar-refractivity contribution is -0.140. The highest BCUT2D eigenvalue weighted by Crippen LogP contribution is 2.36. The number of carbonyl (C=O) groups excluding carboxylic acids is 1. The molecule has 3 rings (SSSR count). The summed E-state index contributed by atoms with van der Waals surface area (Å²) in [4.78, 5) is 12.1. The van der Waals surface area contributed by atoms with E-state index in [2.05, 4.69) is 31.2 Å². The van der Waals surface area contributed by atoms with Gasteiger partial charge in [-0.2, -0.15) is 0 Å². The molecule has 1 aliphatic rings. The Morgan fingerprint density at radius 3 is 2.45 bits per heavy atom. The molecule has 1 saturated carbocycles. The van der Waals surface area contributed by atoms with Gasteiger partial charge in [0.25, 0.3) is 0 Å². The van der Waals surface area contributed by atoms with Crippen molar-refractivity contribution < 1.29 is 19.4 Å². The molecule has 0 spiro atoms. The molecule has 0 atom stereocenters. The molecule has 0 aliphatic heterocycles. The van der Waals surface area contributed by atoms with E-state index in [1.807, 2.05) is 25.1 Å². The van der Waals surface area contributed by atoms with E-state index in [0.29, 0.717) is 17.2 Å². The lowest BCUT2D eigenvalue weighted by Crippen LogP contribution is -2.10. The SMILES string of the molecule is C/C=C(\C)C(=O)OCc1cc(OCCO)ccc1-c1ccc(C2CCC(C)CC2)cc1. The summed E-state index contributed by atoms with van der Waals surface area (Å²) < 4.78 is 11.1. The van der Waals surface area contributed by atoms with Crippen LogP contribution in [0.5, 0.6) is 5.75 Å². The molecule has 31 heavy (non-hydrogen) atoms. The van der Waals surface area contributed by atoms with Crippen LogP contribution in [0, 0.1) is 5.92 Å². The van der Waals surface area contributed by atoms with E-state index in [4.69, 9.17) is 14.6 Å². The molecule has 0 bridgehead atoms. The fourth-order valence-electron chi connectivity index (χ4n) is 4.13. The van der Waals surface area contributed by atoms with E-state index in [1.54, 1.807) is 13.0 Å². The third-order valence-corrected chi connectivity index (χ3v) is 6.26. The molecule has 0 aromatic heterocycles. The minimum absolute atomic E-state index is 0.0477. The Morgan fingerprint density at radius 2 is 1.81 bits per heavy atom. The summed E-state index contributed by atoms with van der Waals surface area (Å²) >= 11 is 0. The van der Waals surface area contributed by atoms with Gasteiger partial charge in [0.05, 0.1) is 6.61 Å². The molecule has 1 N–H and O–H groups in total. The first-order chi connectivity index (χ1) is 15.0. The van der Waals surface area contributed by atoms with Crippen LogP contribution in [0.25, 0.3) is 11.1 Å². The molecular formula is C27H34O4. The third-order valence-electron chi connectivity index (χ3n) is 6.26. The van der Waals surface area contributed by atoms with Crippen molar-refractivity contribution >= 4 is 5.97 Å². The second-order valence-electron chi connectivity index (χ2n) is 8.52. The van der Waals surface area contributed by atoms with Crippen LogP contribution in [0.15, 0.2) is 54.1 Å². The van der Waals surface area contributed by atoms with Gasteiger partial charge in [-0.05, 0) is 67.3 Å². The van der Waals surface area contributed by atoms with E-state index in [9.17, 15) is 4.79 Å². The van der Waals surface area contributed by atoms with Crippen molar-refractivity contribution in [3.05, 3.63) is 65.2 Å². The molecule has 1 aliphatic carbocycles. The first-order valence-corrected chi connectivity index (χ1v) is 11.3. The average Bonchev–Trinajstić information content (AvgIpc) is 2.81. The van der Waals surface area contributed by atoms with E-state index < -0.39 is 0 Å². The Kier molecular flexibility index (Phi) is 8.30. The molecule has 0 amide bonds. The summed E-state index contributed by atoms with van der Waals surface area (Å²) in [6.45, 7) is 6.25. The van der Waals surface area contributed by atoms with Gasteiger partial charge >= 0.3 is 5.97 Å². The van der Waals surface area contributed by atoms with Crippen LogP contribution in [0.1, 0.15) is 63.5 Å². The summed E-state index contributed by atoms with van der Waals surface area (Å²) in [7, 11) is 0. The predicted molar refractivity (Wildman–Crippen MR) is 124 cm³/mol. The van der Waals surface area contributed by atoms with Crippen LogP contribution < -0.4 is 4.74 Å². The zero-order chi connectivity index (χ0) is 22.2. The van der Waals surface area contributed by atoms with Gasteiger partial charge in [0.2, 0.25) is 0 Å². The molecule has 1 fully saturated rings. The first kappa shape index (κ1) is 23.1. The fourth-order valence-corrected chi connectivity index (χ4v) is 4.13. The monoisotopic (exact) mass is 422 g/mol. The van der Waals surface area contributed by atoms with Crippen molar-refractivity contribution in [3.8, 4) is 16.9 Å².